The monoisotopic (exact) mass is 245 g/mol. The molecule has 1 fully saturated rings. The molecule has 0 aromatic heterocycles. The van der Waals surface area contributed by atoms with Gasteiger partial charge in [0.25, 0.3) is 0 Å². The highest BCUT2D eigenvalue weighted by molar-refractivity contribution is 6.00. The van der Waals surface area contributed by atoms with Crippen LogP contribution in [-0.2, 0) is 0 Å². The SMILES string of the molecule is CCC(C)(CN)C(=O)c1ccc(C2CCC2)cc1. The molecule has 0 aliphatic heterocycles. The second-order valence-corrected chi connectivity index (χ2v) is 5.70. The van der Waals surface area contributed by atoms with Crippen LogP contribution in [0.4, 0.5) is 0 Å². The number of hydrogen-bond donors (Lipinski definition) is 1. The Balaban J connectivity index is 2.15. The molecule has 0 saturated heterocycles. The first-order chi connectivity index (χ1) is 8.60. The summed E-state index contributed by atoms with van der Waals surface area (Å²) in [5.41, 5.74) is 7.50. The molecule has 1 aromatic carbocycles. The van der Waals surface area contributed by atoms with Gasteiger partial charge in [-0.05, 0) is 30.7 Å². The number of carbonyl (C=O) groups excluding carboxylic acids is 1. The Morgan fingerprint density at radius 1 is 1.33 bits per heavy atom. The van der Waals surface area contributed by atoms with Gasteiger partial charge >= 0.3 is 0 Å². The van der Waals surface area contributed by atoms with Crippen LogP contribution in [0.25, 0.3) is 0 Å². The summed E-state index contributed by atoms with van der Waals surface area (Å²) in [6.45, 7) is 4.38. The lowest BCUT2D eigenvalue weighted by molar-refractivity contribution is 0.0820. The van der Waals surface area contributed by atoms with Gasteiger partial charge in [-0.3, -0.25) is 4.79 Å². The average molecular weight is 245 g/mol. The van der Waals surface area contributed by atoms with E-state index in [2.05, 4.69) is 12.1 Å². The van der Waals surface area contributed by atoms with Gasteiger partial charge in [-0.15, -0.1) is 0 Å². The van der Waals surface area contributed by atoms with E-state index in [1.54, 1.807) is 0 Å². The highest BCUT2D eigenvalue weighted by Gasteiger charge is 2.30. The van der Waals surface area contributed by atoms with Gasteiger partial charge in [0, 0.05) is 17.5 Å². The molecule has 1 aromatic rings. The third-order valence-electron chi connectivity index (χ3n) is 4.53. The Bertz CT molecular complexity index is 413. The summed E-state index contributed by atoms with van der Waals surface area (Å²) in [7, 11) is 0. The van der Waals surface area contributed by atoms with Crippen molar-refractivity contribution in [2.75, 3.05) is 6.54 Å². The Labute approximate surface area is 110 Å². The second-order valence-electron chi connectivity index (χ2n) is 5.70. The average Bonchev–Trinajstić information content (AvgIpc) is 2.36. The van der Waals surface area contributed by atoms with Gasteiger partial charge < -0.3 is 5.73 Å². The summed E-state index contributed by atoms with van der Waals surface area (Å²) in [5, 5.41) is 0. The van der Waals surface area contributed by atoms with Crippen LogP contribution in [0, 0.1) is 5.41 Å². The maximum Gasteiger partial charge on any atom is 0.169 e. The summed E-state index contributed by atoms with van der Waals surface area (Å²) in [4.78, 5) is 12.4. The van der Waals surface area contributed by atoms with Crippen LogP contribution >= 0.6 is 0 Å². The van der Waals surface area contributed by atoms with E-state index < -0.39 is 5.41 Å². The number of carbonyl (C=O) groups is 1. The molecular formula is C16H23NO. The fourth-order valence-electron chi connectivity index (χ4n) is 2.39. The zero-order valence-electron chi connectivity index (χ0n) is 11.4. The van der Waals surface area contributed by atoms with Gasteiger partial charge in [0.2, 0.25) is 0 Å². The zero-order valence-corrected chi connectivity index (χ0v) is 11.4. The van der Waals surface area contributed by atoms with Gasteiger partial charge in [-0.2, -0.15) is 0 Å². The van der Waals surface area contributed by atoms with Crippen LogP contribution in [0.15, 0.2) is 24.3 Å². The van der Waals surface area contributed by atoms with Crippen LogP contribution < -0.4 is 5.73 Å². The quantitative estimate of drug-likeness (QED) is 0.807. The van der Waals surface area contributed by atoms with Gasteiger partial charge in [0.1, 0.15) is 0 Å². The zero-order chi connectivity index (χ0) is 13.2. The highest BCUT2D eigenvalue weighted by atomic mass is 16.1. The molecular weight excluding hydrogens is 222 g/mol. The molecule has 1 unspecified atom stereocenters. The number of ketones is 1. The molecule has 1 aliphatic rings. The van der Waals surface area contributed by atoms with E-state index in [0.717, 1.165) is 17.9 Å². The summed E-state index contributed by atoms with van der Waals surface area (Å²) in [6.07, 6.45) is 4.71. The molecule has 1 saturated carbocycles. The van der Waals surface area contributed by atoms with Crippen LogP contribution in [0.2, 0.25) is 0 Å². The number of nitrogens with two attached hydrogens (primary N) is 1. The van der Waals surface area contributed by atoms with Gasteiger partial charge in [0.15, 0.2) is 5.78 Å². The fourth-order valence-corrected chi connectivity index (χ4v) is 2.39. The standard InChI is InChI=1S/C16H23NO/c1-3-16(2,11-17)15(18)14-9-7-13(8-10-14)12-5-4-6-12/h7-10,12H,3-6,11,17H2,1-2H3. The van der Waals surface area contributed by atoms with Crippen molar-refractivity contribution in [3.05, 3.63) is 35.4 Å². The lowest BCUT2D eigenvalue weighted by Crippen LogP contribution is -2.35. The predicted octanol–water partition coefficient (Wildman–Crippen LogP) is 3.51. The van der Waals surface area contributed by atoms with Crippen LogP contribution in [0.5, 0.6) is 0 Å². The van der Waals surface area contributed by atoms with Crippen molar-refractivity contribution < 1.29 is 4.79 Å². The van der Waals surface area contributed by atoms with Crippen molar-refractivity contribution in [2.45, 2.75) is 45.4 Å². The molecule has 2 N–H and O–H groups in total. The van der Waals surface area contributed by atoms with E-state index in [4.69, 9.17) is 5.73 Å². The minimum Gasteiger partial charge on any atom is -0.329 e. The van der Waals surface area contributed by atoms with E-state index in [0.29, 0.717) is 6.54 Å². The molecule has 2 rings (SSSR count). The summed E-state index contributed by atoms with van der Waals surface area (Å²) in [5.74, 6) is 0.897. The molecule has 0 bridgehead atoms. The smallest absolute Gasteiger partial charge is 0.169 e. The second kappa shape index (κ2) is 5.23. The van der Waals surface area contributed by atoms with Gasteiger partial charge in [-0.25, -0.2) is 0 Å². The molecule has 1 aliphatic carbocycles. The number of Topliss-reactive ketones (excluding diaryl/α,β-unsaturated/α-hetero) is 1. The molecule has 2 heteroatoms. The van der Waals surface area contributed by atoms with Crippen molar-refractivity contribution in [3.63, 3.8) is 0 Å². The normalized spacial score (nSPS) is 19.1. The summed E-state index contributed by atoms with van der Waals surface area (Å²) in [6, 6.07) is 8.17. The third-order valence-corrected chi connectivity index (χ3v) is 4.53. The lowest BCUT2D eigenvalue weighted by atomic mass is 9.77. The van der Waals surface area contributed by atoms with Crippen LogP contribution in [0.1, 0.15) is 61.4 Å². The molecule has 0 heterocycles. The predicted molar refractivity (Wildman–Crippen MR) is 74.8 cm³/mol. The first-order valence-corrected chi connectivity index (χ1v) is 6.95. The van der Waals surface area contributed by atoms with Crippen LogP contribution in [0.3, 0.4) is 0 Å². The minimum absolute atomic E-state index is 0.174. The maximum absolute atomic E-state index is 12.4. The van der Waals surface area contributed by atoms with Crippen LogP contribution in [-0.4, -0.2) is 12.3 Å². The molecule has 18 heavy (non-hydrogen) atoms. The highest BCUT2D eigenvalue weighted by Crippen LogP contribution is 2.36. The van der Waals surface area contributed by atoms with Gasteiger partial charge in [0.05, 0.1) is 0 Å². The topological polar surface area (TPSA) is 43.1 Å². The van der Waals surface area contributed by atoms with E-state index in [1.165, 1.54) is 24.8 Å². The number of hydrogen-bond acceptors (Lipinski definition) is 2. The Hall–Kier alpha value is -1.15. The van der Waals surface area contributed by atoms with Crippen molar-refractivity contribution in [1.29, 1.82) is 0 Å². The van der Waals surface area contributed by atoms with Crippen molar-refractivity contribution in [3.8, 4) is 0 Å². The molecule has 2 nitrogen and oxygen atoms in total. The van der Waals surface area contributed by atoms with E-state index in [-0.39, 0.29) is 5.78 Å². The molecule has 1 atom stereocenters. The van der Waals surface area contributed by atoms with Crippen molar-refractivity contribution >= 4 is 5.78 Å². The lowest BCUT2D eigenvalue weighted by Gasteiger charge is -2.27. The molecule has 0 amide bonds. The summed E-state index contributed by atoms with van der Waals surface area (Å²) < 4.78 is 0. The molecule has 0 spiro atoms. The maximum atomic E-state index is 12.4. The summed E-state index contributed by atoms with van der Waals surface area (Å²) >= 11 is 0. The van der Waals surface area contributed by atoms with Crippen molar-refractivity contribution in [2.24, 2.45) is 11.1 Å². The van der Waals surface area contributed by atoms with E-state index in [9.17, 15) is 4.79 Å². The number of benzene rings is 1. The van der Waals surface area contributed by atoms with Gasteiger partial charge in [-0.1, -0.05) is 44.5 Å². The molecule has 0 radical (unpaired) electrons. The largest absolute Gasteiger partial charge is 0.329 e. The first kappa shape index (κ1) is 13.3. The van der Waals surface area contributed by atoms with E-state index >= 15 is 0 Å². The van der Waals surface area contributed by atoms with E-state index in [1.807, 2.05) is 26.0 Å². The molecule has 98 valence electrons. The Kier molecular flexibility index (Phi) is 3.86. The minimum atomic E-state index is -0.419. The van der Waals surface area contributed by atoms with Crippen molar-refractivity contribution in [1.82, 2.24) is 0 Å². The Morgan fingerprint density at radius 3 is 2.33 bits per heavy atom. The third kappa shape index (κ3) is 2.35. The number of rotatable bonds is 5. The fraction of sp³-hybridized carbons (Fsp3) is 0.562. The first-order valence-electron chi connectivity index (χ1n) is 6.95. The Morgan fingerprint density at radius 2 is 1.94 bits per heavy atom.